The molecule has 1 amide bonds. The Morgan fingerprint density at radius 1 is 1.14 bits per heavy atom. The molecule has 0 bridgehead atoms. The molecule has 0 aromatic carbocycles. The molecule has 0 rings (SSSR count). The van der Waals surface area contributed by atoms with E-state index in [0.29, 0.717) is 26.4 Å². The van der Waals surface area contributed by atoms with E-state index >= 15 is 0 Å². The predicted octanol–water partition coefficient (Wildman–Crippen LogP) is 0.956. The summed E-state index contributed by atoms with van der Waals surface area (Å²) in [5.41, 5.74) is 0. The number of carbonyl (C=O) groups is 1. The molecule has 0 fully saturated rings. The highest BCUT2D eigenvalue weighted by Crippen LogP contribution is 1.87. The van der Waals surface area contributed by atoms with Crippen LogP contribution in [0.5, 0.6) is 0 Å². The van der Waals surface area contributed by atoms with Crippen LogP contribution in [0.2, 0.25) is 0 Å². The molecule has 0 atom stereocenters. The third kappa shape index (κ3) is 11.4. The van der Waals surface area contributed by atoms with Crippen LogP contribution in [0.3, 0.4) is 0 Å². The van der Waals surface area contributed by atoms with E-state index in [1.165, 1.54) is 6.92 Å². The third-order valence-electron chi connectivity index (χ3n) is 1.63. The van der Waals surface area contributed by atoms with Crippen molar-refractivity contribution >= 4 is 5.91 Å². The summed E-state index contributed by atoms with van der Waals surface area (Å²) >= 11 is 0. The quantitative estimate of drug-likeness (QED) is 0.568. The van der Waals surface area contributed by atoms with Crippen LogP contribution in [0.25, 0.3) is 0 Å². The van der Waals surface area contributed by atoms with Gasteiger partial charge in [0.2, 0.25) is 5.91 Å². The number of unbranched alkanes of at least 4 members (excludes halogenated alkanes) is 1. The molecule has 0 aliphatic carbocycles. The first kappa shape index (κ1) is 13.4. The van der Waals surface area contributed by atoms with Crippen LogP contribution in [0.1, 0.15) is 26.7 Å². The predicted molar refractivity (Wildman–Crippen MR) is 55.2 cm³/mol. The molecule has 0 aliphatic heterocycles. The van der Waals surface area contributed by atoms with Gasteiger partial charge in [-0.1, -0.05) is 13.3 Å². The number of rotatable bonds is 9. The fourth-order valence-corrected chi connectivity index (χ4v) is 0.868. The van der Waals surface area contributed by atoms with Gasteiger partial charge in [0.25, 0.3) is 0 Å². The van der Waals surface area contributed by atoms with E-state index in [9.17, 15) is 4.79 Å². The first-order chi connectivity index (χ1) is 6.77. The summed E-state index contributed by atoms with van der Waals surface area (Å²) in [5.74, 6) is -0.0206. The van der Waals surface area contributed by atoms with Gasteiger partial charge in [-0.3, -0.25) is 4.79 Å². The van der Waals surface area contributed by atoms with Crippen molar-refractivity contribution in [2.75, 3.05) is 33.0 Å². The Labute approximate surface area is 86.0 Å². The van der Waals surface area contributed by atoms with Crippen molar-refractivity contribution < 1.29 is 14.3 Å². The summed E-state index contributed by atoms with van der Waals surface area (Å²) in [6, 6.07) is 0. The fourth-order valence-electron chi connectivity index (χ4n) is 0.868. The van der Waals surface area contributed by atoms with Gasteiger partial charge in [0.15, 0.2) is 0 Å². The molecule has 0 saturated heterocycles. The van der Waals surface area contributed by atoms with E-state index < -0.39 is 0 Å². The molecule has 14 heavy (non-hydrogen) atoms. The van der Waals surface area contributed by atoms with Crippen molar-refractivity contribution in [1.82, 2.24) is 5.32 Å². The van der Waals surface area contributed by atoms with Crippen molar-refractivity contribution in [2.45, 2.75) is 26.7 Å². The van der Waals surface area contributed by atoms with Gasteiger partial charge in [0, 0.05) is 20.1 Å². The normalized spacial score (nSPS) is 10.1. The number of hydrogen-bond acceptors (Lipinski definition) is 3. The largest absolute Gasteiger partial charge is 0.379 e. The smallest absolute Gasteiger partial charge is 0.216 e. The van der Waals surface area contributed by atoms with Crippen LogP contribution in [-0.2, 0) is 14.3 Å². The van der Waals surface area contributed by atoms with E-state index in [1.54, 1.807) is 0 Å². The van der Waals surface area contributed by atoms with Crippen LogP contribution < -0.4 is 5.32 Å². The Morgan fingerprint density at radius 2 is 1.79 bits per heavy atom. The lowest BCUT2D eigenvalue weighted by molar-refractivity contribution is -0.119. The standard InChI is InChI=1S/C10H21NO3/c1-3-4-6-13-8-9-14-7-5-11-10(2)12/h3-9H2,1-2H3,(H,11,12). The maximum Gasteiger partial charge on any atom is 0.216 e. The van der Waals surface area contributed by atoms with E-state index in [4.69, 9.17) is 9.47 Å². The molecule has 0 aliphatic rings. The molecule has 84 valence electrons. The molecule has 0 saturated carbocycles. The number of ether oxygens (including phenoxy) is 2. The highest BCUT2D eigenvalue weighted by atomic mass is 16.5. The number of carbonyl (C=O) groups excluding carboxylic acids is 1. The van der Waals surface area contributed by atoms with Crippen LogP contribution in [-0.4, -0.2) is 38.9 Å². The van der Waals surface area contributed by atoms with Crippen LogP contribution in [0, 0.1) is 0 Å². The molecule has 4 heteroatoms. The topological polar surface area (TPSA) is 47.6 Å². The van der Waals surface area contributed by atoms with Gasteiger partial charge in [-0.2, -0.15) is 0 Å². The van der Waals surface area contributed by atoms with E-state index in [0.717, 1.165) is 19.4 Å². The Hall–Kier alpha value is -0.610. The van der Waals surface area contributed by atoms with Gasteiger partial charge in [0.1, 0.15) is 0 Å². The van der Waals surface area contributed by atoms with Gasteiger partial charge in [0.05, 0.1) is 19.8 Å². The lowest BCUT2D eigenvalue weighted by Gasteiger charge is -2.05. The summed E-state index contributed by atoms with van der Waals surface area (Å²) in [5, 5.41) is 2.65. The Morgan fingerprint density at radius 3 is 2.36 bits per heavy atom. The second kappa shape index (κ2) is 10.5. The van der Waals surface area contributed by atoms with Crippen LogP contribution in [0.15, 0.2) is 0 Å². The lowest BCUT2D eigenvalue weighted by Crippen LogP contribution is -2.24. The summed E-state index contributed by atoms with van der Waals surface area (Å²) in [6.07, 6.45) is 2.26. The molecule has 0 spiro atoms. The van der Waals surface area contributed by atoms with E-state index in [-0.39, 0.29) is 5.91 Å². The molecule has 0 radical (unpaired) electrons. The van der Waals surface area contributed by atoms with E-state index in [2.05, 4.69) is 12.2 Å². The molecule has 0 heterocycles. The molecule has 0 unspecified atom stereocenters. The Kier molecular flexibility index (Phi) is 10.0. The molecule has 0 aromatic rings. The Bertz CT molecular complexity index is 139. The zero-order valence-corrected chi connectivity index (χ0v) is 9.17. The van der Waals surface area contributed by atoms with Gasteiger partial charge < -0.3 is 14.8 Å². The number of nitrogens with one attached hydrogen (secondary N) is 1. The fraction of sp³-hybridized carbons (Fsp3) is 0.900. The number of hydrogen-bond donors (Lipinski definition) is 1. The van der Waals surface area contributed by atoms with Crippen molar-refractivity contribution in [3.63, 3.8) is 0 Å². The summed E-state index contributed by atoms with van der Waals surface area (Å²) in [7, 11) is 0. The first-order valence-electron chi connectivity index (χ1n) is 5.17. The molecular formula is C10H21NO3. The molecule has 1 N–H and O–H groups in total. The van der Waals surface area contributed by atoms with Gasteiger partial charge in [-0.25, -0.2) is 0 Å². The third-order valence-corrected chi connectivity index (χ3v) is 1.63. The average Bonchev–Trinajstić information content (AvgIpc) is 2.15. The highest BCUT2D eigenvalue weighted by molar-refractivity contribution is 5.72. The van der Waals surface area contributed by atoms with Crippen molar-refractivity contribution in [2.24, 2.45) is 0 Å². The highest BCUT2D eigenvalue weighted by Gasteiger charge is 1.91. The summed E-state index contributed by atoms with van der Waals surface area (Å²) < 4.78 is 10.5. The van der Waals surface area contributed by atoms with E-state index in [1.807, 2.05) is 0 Å². The maximum atomic E-state index is 10.5. The van der Waals surface area contributed by atoms with Crippen molar-refractivity contribution in [3.8, 4) is 0 Å². The maximum absolute atomic E-state index is 10.5. The van der Waals surface area contributed by atoms with Gasteiger partial charge in [-0.15, -0.1) is 0 Å². The van der Waals surface area contributed by atoms with Crippen molar-refractivity contribution in [3.05, 3.63) is 0 Å². The second-order valence-electron chi connectivity index (χ2n) is 3.06. The first-order valence-corrected chi connectivity index (χ1v) is 5.17. The minimum absolute atomic E-state index is 0.0206. The monoisotopic (exact) mass is 203 g/mol. The number of amides is 1. The lowest BCUT2D eigenvalue weighted by atomic mass is 10.4. The molecular weight excluding hydrogens is 182 g/mol. The van der Waals surface area contributed by atoms with Gasteiger partial charge >= 0.3 is 0 Å². The SMILES string of the molecule is CCCCOCCOCCNC(C)=O. The van der Waals surface area contributed by atoms with Gasteiger partial charge in [-0.05, 0) is 6.42 Å². The average molecular weight is 203 g/mol. The minimum atomic E-state index is -0.0206. The molecule has 4 nitrogen and oxygen atoms in total. The minimum Gasteiger partial charge on any atom is -0.379 e. The van der Waals surface area contributed by atoms with Crippen LogP contribution in [0.4, 0.5) is 0 Å². The van der Waals surface area contributed by atoms with Crippen LogP contribution >= 0.6 is 0 Å². The summed E-state index contributed by atoms with van der Waals surface area (Å²) in [4.78, 5) is 10.5. The Balaban J connectivity index is 2.88. The van der Waals surface area contributed by atoms with Crippen molar-refractivity contribution in [1.29, 1.82) is 0 Å². The molecule has 0 aromatic heterocycles. The summed E-state index contributed by atoms with van der Waals surface area (Å²) in [6.45, 7) is 6.80. The second-order valence-corrected chi connectivity index (χ2v) is 3.06. The zero-order chi connectivity index (χ0) is 10.6. The zero-order valence-electron chi connectivity index (χ0n) is 9.17.